The van der Waals surface area contributed by atoms with Crippen molar-refractivity contribution in [2.24, 2.45) is 11.7 Å². The molecule has 0 radical (unpaired) electrons. The van der Waals surface area contributed by atoms with E-state index in [1.807, 2.05) is 20.8 Å². The summed E-state index contributed by atoms with van der Waals surface area (Å²) in [6.07, 6.45) is 1.21. The zero-order chi connectivity index (χ0) is 13.1. The number of nitrogens with zero attached hydrogens (tertiary/aromatic N) is 2. The molecular formula is C12H23N3O2. The molecule has 0 saturated heterocycles. The fraction of sp³-hybridized carbons (Fsp3) is 0.833. The Balaban J connectivity index is 2.45. The van der Waals surface area contributed by atoms with Crippen molar-refractivity contribution in [1.29, 1.82) is 0 Å². The van der Waals surface area contributed by atoms with Gasteiger partial charge in [0.2, 0.25) is 0 Å². The average molecular weight is 241 g/mol. The second-order valence-corrected chi connectivity index (χ2v) is 5.48. The maximum Gasteiger partial charge on any atom is 0.252 e. The lowest BCUT2D eigenvalue weighted by Gasteiger charge is -2.13. The van der Waals surface area contributed by atoms with Crippen molar-refractivity contribution in [1.82, 2.24) is 10.1 Å². The molecule has 2 N–H and O–H groups in total. The predicted octanol–water partition coefficient (Wildman–Crippen LogP) is 2.21. The summed E-state index contributed by atoms with van der Waals surface area (Å²) < 4.78 is 10.7. The first-order valence-corrected chi connectivity index (χ1v) is 6.02. The maximum atomic E-state index is 5.87. The standard InChI is InChI=1S/C12H23N3O2/c1-8(2)6-9(3)16-7-10-14-11(15-17-10)12(4,5)13/h8-9H,6-7,13H2,1-5H3. The number of hydrogen-bond acceptors (Lipinski definition) is 5. The molecule has 0 bridgehead atoms. The minimum Gasteiger partial charge on any atom is -0.369 e. The van der Waals surface area contributed by atoms with Crippen LogP contribution in [0.1, 0.15) is 52.8 Å². The van der Waals surface area contributed by atoms with Gasteiger partial charge in [0.15, 0.2) is 5.82 Å². The fourth-order valence-corrected chi connectivity index (χ4v) is 1.52. The van der Waals surface area contributed by atoms with Gasteiger partial charge in [-0.05, 0) is 33.1 Å². The summed E-state index contributed by atoms with van der Waals surface area (Å²) in [4.78, 5) is 4.20. The van der Waals surface area contributed by atoms with E-state index in [9.17, 15) is 0 Å². The third-order valence-electron chi connectivity index (χ3n) is 2.34. The minimum absolute atomic E-state index is 0.191. The van der Waals surface area contributed by atoms with Gasteiger partial charge in [0, 0.05) is 0 Å². The predicted molar refractivity (Wildman–Crippen MR) is 65.2 cm³/mol. The zero-order valence-corrected chi connectivity index (χ0v) is 11.4. The molecule has 5 nitrogen and oxygen atoms in total. The number of nitrogens with two attached hydrogens (primary N) is 1. The van der Waals surface area contributed by atoms with Crippen LogP contribution >= 0.6 is 0 Å². The largest absolute Gasteiger partial charge is 0.369 e. The average Bonchev–Trinajstić information content (AvgIpc) is 2.61. The molecule has 1 aromatic rings. The summed E-state index contributed by atoms with van der Waals surface area (Å²) in [6.45, 7) is 10.4. The molecule has 1 heterocycles. The number of aromatic nitrogens is 2. The molecule has 1 atom stereocenters. The molecule has 0 amide bonds. The lowest BCUT2D eigenvalue weighted by molar-refractivity contribution is 0.0254. The summed E-state index contributed by atoms with van der Waals surface area (Å²) in [5, 5.41) is 3.84. The monoisotopic (exact) mass is 241 g/mol. The first-order valence-electron chi connectivity index (χ1n) is 6.02. The minimum atomic E-state index is -0.578. The van der Waals surface area contributed by atoms with E-state index in [0.29, 0.717) is 24.2 Å². The van der Waals surface area contributed by atoms with Crippen LogP contribution in [0.5, 0.6) is 0 Å². The Bertz CT molecular complexity index is 342. The van der Waals surface area contributed by atoms with Crippen LogP contribution < -0.4 is 5.73 Å². The molecule has 0 aromatic carbocycles. The van der Waals surface area contributed by atoms with Gasteiger partial charge in [-0.25, -0.2) is 0 Å². The quantitative estimate of drug-likeness (QED) is 0.826. The normalized spacial score (nSPS) is 14.3. The Morgan fingerprint density at radius 1 is 1.35 bits per heavy atom. The third kappa shape index (κ3) is 4.83. The lowest BCUT2D eigenvalue weighted by atomic mass is 10.1. The summed E-state index contributed by atoms with van der Waals surface area (Å²) >= 11 is 0. The van der Waals surface area contributed by atoms with Crippen LogP contribution in [0, 0.1) is 5.92 Å². The van der Waals surface area contributed by atoms with Crippen LogP contribution in [-0.4, -0.2) is 16.2 Å². The zero-order valence-electron chi connectivity index (χ0n) is 11.4. The molecule has 1 unspecified atom stereocenters. The van der Waals surface area contributed by atoms with Crippen molar-refractivity contribution >= 4 is 0 Å². The Morgan fingerprint density at radius 3 is 2.47 bits per heavy atom. The van der Waals surface area contributed by atoms with Crippen LogP contribution in [0.15, 0.2) is 4.52 Å². The van der Waals surface area contributed by atoms with Gasteiger partial charge in [0.25, 0.3) is 5.89 Å². The lowest BCUT2D eigenvalue weighted by Crippen LogP contribution is -2.30. The van der Waals surface area contributed by atoms with Crippen molar-refractivity contribution in [2.75, 3.05) is 0 Å². The van der Waals surface area contributed by atoms with Gasteiger partial charge >= 0.3 is 0 Å². The third-order valence-corrected chi connectivity index (χ3v) is 2.34. The number of hydrogen-bond donors (Lipinski definition) is 1. The van der Waals surface area contributed by atoms with Crippen LogP contribution in [0.3, 0.4) is 0 Å². The first kappa shape index (κ1) is 14.1. The van der Waals surface area contributed by atoms with Crippen LogP contribution in [-0.2, 0) is 16.9 Å². The molecule has 0 fully saturated rings. The molecule has 0 saturated carbocycles. The van der Waals surface area contributed by atoms with Crippen molar-refractivity contribution in [3.8, 4) is 0 Å². The Morgan fingerprint density at radius 2 is 2.00 bits per heavy atom. The molecule has 0 aliphatic heterocycles. The van der Waals surface area contributed by atoms with E-state index in [1.165, 1.54) is 0 Å². The topological polar surface area (TPSA) is 74.2 Å². The van der Waals surface area contributed by atoms with Gasteiger partial charge < -0.3 is 15.0 Å². The van der Waals surface area contributed by atoms with Gasteiger partial charge in [-0.15, -0.1) is 0 Å². The summed E-state index contributed by atoms with van der Waals surface area (Å²) in [5.41, 5.74) is 5.29. The molecule has 0 spiro atoms. The number of ether oxygens (including phenoxy) is 1. The van der Waals surface area contributed by atoms with Gasteiger partial charge in [-0.1, -0.05) is 19.0 Å². The van der Waals surface area contributed by atoms with E-state index >= 15 is 0 Å². The van der Waals surface area contributed by atoms with E-state index in [-0.39, 0.29) is 6.10 Å². The summed E-state index contributed by atoms with van der Waals surface area (Å²) in [5.74, 6) is 1.60. The van der Waals surface area contributed by atoms with E-state index in [4.69, 9.17) is 15.0 Å². The Kier molecular flexibility index (Phi) is 4.65. The second-order valence-electron chi connectivity index (χ2n) is 5.48. The van der Waals surface area contributed by atoms with Gasteiger partial charge in [-0.2, -0.15) is 4.98 Å². The summed E-state index contributed by atoms with van der Waals surface area (Å²) in [6, 6.07) is 0. The van der Waals surface area contributed by atoms with Gasteiger partial charge in [-0.3, -0.25) is 0 Å². The highest BCUT2D eigenvalue weighted by Crippen LogP contribution is 2.14. The molecule has 1 rings (SSSR count). The smallest absolute Gasteiger partial charge is 0.252 e. The second kappa shape index (κ2) is 5.60. The summed E-state index contributed by atoms with van der Waals surface area (Å²) in [7, 11) is 0. The van der Waals surface area contributed by atoms with Crippen molar-refractivity contribution in [3.05, 3.63) is 11.7 Å². The van der Waals surface area contributed by atoms with E-state index in [0.717, 1.165) is 6.42 Å². The van der Waals surface area contributed by atoms with Crippen molar-refractivity contribution in [3.63, 3.8) is 0 Å². The fourth-order valence-electron chi connectivity index (χ4n) is 1.52. The van der Waals surface area contributed by atoms with Gasteiger partial charge in [0.05, 0.1) is 11.6 Å². The molecular weight excluding hydrogens is 218 g/mol. The van der Waals surface area contributed by atoms with Crippen molar-refractivity contribution < 1.29 is 9.26 Å². The molecule has 5 heteroatoms. The maximum absolute atomic E-state index is 5.87. The van der Waals surface area contributed by atoms with Gasteiger partial charge in [0.1, 0.15) is 6.61 Å². The highest BCUT2D eigenvalue weighted by Gasteiger charge is 2.21. The number of rotatable bonds is 6. The van der Waals surface area contributed by atoms with Crippen LogP contribution in [0.25, 0.3) is 0 Å². The van der Waals surface area contributed by atoms with Crippen LogP contribution in [0.4, 0.5) is 0 Å². The Labute approximate surface area is 103 Å². The van der Waals surface area contributed by atoms with E-state index in [2.05, 4.69) is 24.0 Å². The highest BCUT2D eigenvalue weighted by atomic mass is 16.5. The van der Waals surface area contributed by atoms with Crippen LogP contribution in [0.2, 0.25) is 0 Å². The van der Waals surface area contributed by atoms with E-state index in [1.54, 1.807) is 0 Å². The molecule has 98 valence electrons. The molecule has 0 aliphatic rings. The molecule has 17 heavy (non-hydrogen) atoms. The Hall–Kier alpha value is -0.940. The highest BCUT2D eigenvalue weighted by molar-refractivity contribution is 4.98. The van der Waals surface area contributed by atoms with Crippen molar-refractivity contribution in [2.45, 2.75) is 59.3 Å². The molecule has 0 aliphatic carbocycles. The molecule has 1 aromatic heterocycles. The first-order chi connectivity index (χ1) is 7.79. The SMILES string of the molecule is CC(C)CC(C)OCc1nc(C(C)(C)N)no1. The van der Waals surface area contributed by atoms with E-state index < -0.39 is 5.54 Å².